The van der Waals surface area contributed by atoms with Crippen molar-refractivity contribution in [2.24, 2.45) is 5.92 Å². The van der Waals surface area contributed by atoms with Gasteiger partial charge in [-0.15, -0.1) is 0 Å². The second-order valence-corrected chi connectivity index (χ2v) is 4.96. The lowest BCUT2D eigenvalue weighted by Gasteiger charge is -2.22. The normalized spacial score (nSPS) is 27.6. The number of benzene rings is 1. The number of nitrogens with one attached hydrogen (secondary N) is 1. The Kier molecular flexibility index (Phi) is 3.17. The van der Waals surface area contributed by atoms with Crippen LogP contribution in [0.15, 0.2) is 24.3 Å². The monoisotopic (exact) mass is 243 g/mol. The summed E-state index contributed by atoms with van der Waals surface area (Å²) in [6.07, 6.45) is -0.265. The van der Waals surface area contributed by atoms with E-state index < -0.39 is 18.0 Å². The smallest absolute Gasteiger partial charge is 0.265 e. The Hall–Kier alpha value is -1.03. The van der Waals surface area contributed by atoms with Crippen molar-refractivity contribution >= 4 is 0 Å². The van der Waals surface area contributed by atoms with E-state index in [2.05, 4.69) is 5.32 Å². The Balaban J connectivity index is 2.21. The molecule has 0 spiro atoms. The van der Waals surface area contributed by atoms with Crippen LogP contribution >= 0.6 is 0 Å². The van der Waals surface area contributed by atoms with Crippen molar-refractivity contribution < 1.29 is 13.2 Å². The zero-order valence-electron chi connectivity index (χ0n) is 9.88. The Morgan fingerprint density at radius 2 is 2.06 bits per heavy atom. The van der Waals surface area contributed by atoms with E-state index in [1.165, 1.54) is 12.1 Å². The summed E-state index contributed by atoms with van der Waals surface area (Å²) in [6.45, 7) is 3.53. The van der Waals surface area contributed by atoms with Crippen molar-refractivity contribution in [2.75, 3.05) is 0 Å². The first-order valence-electron chi connectivity index (χ1n) is 5.79. The fourth-order valence-corrected chi connectivity index (χ4v) is 2.41. The van der Waals surface area contributed by atoms with Crippen molar-refractivity contribution in [3.8, 4) is 0 Å². The summed E-state index contributed by atoms with van der Waals surface area (Å²) in [4.78, 5) is 0. The third kappa shape index (κ3) is 2.46. The van der Waals surface area contributed by atoms with E-state index in [1.54, 1.807) is 26.0 Å². The Bertz CT molecular complexity index is 403. The average Bonchev–Trinajstić information content (AvgIpc) is 2.54. The summed E-state index contributed by atoms with van der Waals surface area (Å²) in [7, 11) is 0. The van der Waals surface area contributed by atoms with Gasteiger partial charge in [-0.2, -0.15) is 0 Å². The van der Waals surface area contributed by atoms with E-state index in [0.29, 0.717) is 5.56 Å². The van der Waals surface area contributed by atoms with Gasteiger partial charge >= 0.3 is 0 Å². The molecule has 1 fully saturated rings. The Morgan fingerprint density at radius 3 is 2.59 bits per heavy atom. The number of rotatable bonds is 2. The minimum atomic E-state index is -2.73. The predicted molar refractivity (Wildman–Crippen MR) is 60.5 cm³/mol. The molecule has 1 nitrogen and oxygen atoms in total. The van der Waals surface area contributed by atoms with Crippen LogP contribution in [0.4, 0.5) is 13.2 Å². The quantitative estimate of drug-likeness (QED) is 0.838. The minimum Gasteiger partial charge on any atom is -0.301 e. The molecule has 1 heterocycles. The third-order valence-corrected chi connectivity index (χ3v) is 3.23. The SMILES string of the molecule is CC(C)C1NC(c2cccc(F)c2)CC1(F)F. The first-order valence-corrected chi connectivity index (χ1v) is 5.79. The number of alkyl halides is 2. The first-order chi connectivity index (χ1) is 7.90. The molecule has 0 amide bonds. The van der Waals surface area contributed by atoms with E-state index >= 15 is 0 Å². The van der Waals surface area contributed by atoms with Crippen molar-refractivity contribution in [3.63, 3.8) is 0 Å². The molecule has 1 saturated heterocycles. The van der Waals surface area contributed by atoms with Gasteiger partial charge in [-0.05, 0) is 23.6 Å². The predicted octanol–water partition coefficient (Wildman–Crippen LogP) is 3.52. The molecule has 0 bridgehead atoms. The molecule has 0 saturated carbocycles. The van der Waals surface area contributed by atoms with Crippen molar-refractivity contribution in [3.05, 3.63) is 35.6 Å². The highest BCUT2D eigenvalue weighted by Crippen LogP contribution is 2.41. The summed E-state index contributed by atoms with van der Waals surface area (Å²) in [5.74, 6) is -3.27. The maximum atomic E-state index is 13.7. The van der Waals surface area contributed by atoms with E-state index in [1.807, 2.05) is 0 Å². The van der Waals surface area contributed by atoms with E-state index in [-0.39, 0.29) is 18.2 Å². The fourth-order valence-electron chi connectivity index (χ4n) is 2.41. The maximum absolute atomic E-state index is 13.7. The molecule has 1 aliphatic heterocycles. The maximum Gasteiger partial charge on any atom is 0.265 e. The molecule has 2 unspecified atom stereocenters. The molecule has 94 valence electrons. The molecular formula is C13H16F3N. The molecule has 0 aromatic heterocycles. The molecule has 1 N–H and O–H groups in total. The van der Waals surface area contributed by atoms with Gasteiger partial charge < -0.3 is 5.32 Å². The molecule has 0 aliphatic carbocycles. The van der Waals surface area contributed by atoms with Crippen LogP contribution in [-0.4, -0.2) is 12.0 Å². The zero-order chi connectivity index (χ0) is 12.6. The minimum absolute atomic E-state index is 0.149. The highest BCUT2D eigenvalue weighted by molar-refractivity contribution is 5.23. The summed E-state index contributed by atoms with van der Waals surface area (Å²) >= 11 is 0. The molecule has 17 heavy (non-hydrogen) atoms. The molecule has 1 aromatic carbocycles. The lowest BCUT2D eigenvalue weighted by molar-refractivity contribution is -0.0250. The van der Waals surface area contributed by atoms with Gasteiger partial charge in [0.1, 0.15) is 5.82 Å². The molecule has 4 heteroatoms. The first kappa shape index (κ1) is 12.4. The van der Waals surface area contributed by atoms with E-state index in [0.717, 1.165) is 0 Å². The fraction of sp³-hybridized carbons (Fsp3) is 0.538. The van der Waals surface area contributed by atoms with Crippen LogP contribution in [0.5, 0.6) is 0 Å². The average molecular weight is 243 g/mol. The van der Waals surface area contributed by atoms with Gasteiger partial charge in [0.2, 0.25) is 0 Å². The number of hydrogen-bond acceptors (Lipinski definition) is 1. The lowest BCUT2D eigenvalue weighted by Crippen LogP contribution is -2.40. The van der Waals surface area contributed by atoms with Gasteiger partial charge in [0.25, 0.3) is 5.92 Å². The lowest BCUT2D eigenvalue weighted by atomic mass is 9.98. The largest absolute Gasteiger partial charge is 0.301 e. The standard InChI is InChI=1S/C13H16F3N/c1-8(2)12-13(15,16)7-11(17-12)9-4-3-5-10(14)6-9/h3-6,8,11-12,17H,7H2,1-2H3. The topological polar surface area (TPSA) is 12.0 Å². The van der Waals surface area contributed by atoms with Crippen LogP contribution in [0, 0.1) is 11.7 Å². The second-order valence-electron chi connectivity index (χ2n) is 4.96. The molecule has 1 aliphatic rings. The van der Waals surface area contributed by atoms with Crippen LogP contribution in [0.3, 0.4) is 0 Å². The van der Waals surface area contributed by atoms with Crippen LogP contribution in [-0.2, 0) is 0 Å². The van der Waals surface area contributed by atoms with E-state index in [9.17, 15) is 13.2 Å². The second kappa shape index (κ2) is 4.33. The Morgan fingerprint density at radius 1 is 1.35 bits per heavy atom. The summed E-state index contributed by atoms with van der Waals surface area (Å²) < 4.78 is 40.5. The summed E-state index contributed by atoms with van der Waals surface area (Å²) in [5.41, 5.74) is 0.591. The molecule has 2 rings (SSSR count). The molecule has 1 aromatic rings. The van der Waals surface area contributed by atoms with Gasteiger partial charge in [0.15, 0.2) is 0 Å². The summed E-state index contributed by atoms with van der Waals surface area (Å²) in [5, 5.41) is 2.91. The van der Waals surface area contributed by atoms with E-state index in [4.69, 9.17) is 0 Å². The van der Waals surface area contributed by atoms with Crippen LogP contribution < -0.4 is 5.32 Å². The highest BCUT2D eigenvalue weighted by atomic mass is 19.3. The van der Waals surface area contributed by atoms with Gasteiger partial charge in [-0.25, -0.2) is 13.2 Å². The molecule has 2 atom stereocenters. The Labute approximate surface area is 99.0 Å². The van der Waals surface area contributed by atoms with Crippen LogP contribution in [0.25, 0.3) is 0 Å². The van der Waals surface area contributed by atoms with Crippen molar-refractivity contribution in [2.45, 2.75) is 38.3 Å². The third-order valence-electron chi connectivity index (χ3n) is 3.23. The zero-order valence-corrected chi connectivity index (χ0v) is 9.88. The number of halogens is 3. The van der Waals surface area contributed by atoms with Gasteiger partial charge in [0, 0.05) is 12.5 Å². The van der Waals surface area contributed by atoms with Crippen molar-refractivity contribution in [1.82, 2.24) is 5.32 Å². The molecule has 0 radical (unpaired) electrons. The van der Waals surface area contributed by atoms with Gasteiger partial charge in [0.05, 0.1) is 6.04 Å². The molecular weight excluding hydrogens is 227 g/mol. The number of hydrogen-bond donors (Lipinski definition) is 1. The van der Waals surface area contributed by atoms with Gasteiger partial charge in [-0.3, -0.25) is 0 Å². The van der Waals surface area contributed by atoms with Crippen LogP contribution in [0.2, 0.25) is 0 Å². The van der Waals surface area contributed by atoms with Crippen LogP contribution in [0.1, 0.15) is 31.9 Å². The van der Waals surface area contributed by atoms with Gasteiger partial charge in [-0.1, -0.05) is 26.0 Å². The van der Waals surface area contributed by atoms with Crippen molar-refractivity contribution in [1.29, 1.82) is 0 Å². The highest BCUT2D eigenvalue weighted by Gasteiger charge is 2.49. The summed E-state index contributed by atoms with van der Waals surface area (Å²) in [6, 6.07) is 4.56.